The number of carbonyl (C=O) groups excluding carboxylic acids is 1. The third-order valence-electron chi connectivity index (χ3n) is 4.00. The molecule has 6 heteroatoms. The van der Waals surface area contributed by atoms with Crippen molar-refractivity contribution in [2.45, 2.75) is 6.61 Å². The molecule has 1 amide bonds. The Morgan fingerprint density at radius 2 is 1.69 bits per heavy atom. The molecule has 0 heterocycles. The van der Waals surface area contributed by atoms with E-state index >= 15 is 0 Å². The summed E-state index contributed by atoms with van der Waals surface area (Å²) < 4.78 is 5.73. The zero-order valence-electron chi connectivity index (χ0n) is 15.3. The lowest BCUT2D eigenvalue weighted by Gasteiger charge is -2.07. The van der Waals surface area contributed by atoms with Crippen molar-refractivity contribution in [3.63, 3.8) is 0 Å². The molecule has 0 bridgehead atoms. The van der Waals surface area contributed by atoms with Crippen molar-refractivity contribution in [2.24, 2.45) is 0 Å². The van der Waals surface area contributed by atoms with Crippen LogP contribution in [0.2, 0.25) is 5.02 Å². The van der Waals surface area contributed by atoms with E-state index in [1.54, 1.807) is 48.5 Å². The summed E-state index contributed by atoms with van der Waals surface area (Å²) in [6.07, 6.45) is 1.50. The van der Waals surface area contributed by atoms with Gasteiger partial charge < -0.3 is 15.2 Å². The largest absolute Gasteiger partial charge is 0.508 e. The van der Waals surface area contributed by atoms with Crippen molar-refractivity contribution in [1.82, 2.24) is 0 Å². The van der Waals surface area contributed by atoms with Crippen LogP contribution in [0.15, 0.2) is 78.4 Å². The van der Waals surface area contributed by atoms with E-state index in [-0.39, 0.29) is 11.3 Å². The lowest BCUT2D eigenvalue weighted by molar-refractivity contribution is -0.112. The summed E-state index contributed by atoms with van der Waals surface area (Å²) in [7, 11) is 0. The van der Waals surface area contributed by atoms with Gasteiger partial charge in [-0.1, -0.05) is 35.9 Å². The number of phenolic OH excluding ortho intramolecular Hbond substituents is 1. The Bertz CT molecular complexity index is 1050. The summed E-state index contributed by atoms with van der Waals surface area (Å²) in [5, 5.41) is 21.9. The Hall–Kier alpha value is -3.75. The van der Waals surface area contributed by atoms with Crippen LogP contribution in [-0.4, -0.2) is 11.0 Å². The van der Waals surface area contributed by atoms with Gasteiger partial charge in [0.2, 0.25) is 0 Å². The monoisotopic (exact) mass is 404 g/mol. The van der Waals surface area contributed by atoms with E-state index in [0.29, 0.717) is 28.6 Å². The van der Waals surface area contributed by atoms with Gasteiger partial charge in [-0.05, 0) is 65.7 Å². The highest BCUT2D eigenvalue weighted by Gasteiger charge is 2.09. The van der Waals surface area contributed by atoms with Crippen molar-refractivity contribution in [1.29, 1.82) is 5.26 Å². The Kier molecular flexibility index (Phi) is 6.51. The smallest absolute Gasteiger partial charge is 0.266 e. The number of nitrogens with zero attached hydrogens (tertiary/aromatic N) is 1. The van der Waals surface area contributed by atoms with Gasteiger partial charge in [0.15, 0.2) is 0 Å². The fourth-order valence-corrected chi connectivity index (χ4v) is 2.59. The number of benzene rings is 3. The molecule has 0 aliphatic heterocycles. The maximum absolute atomic E-state index is 12.3. The number of anilines is 1. The molecule has 0 saturated heterocycles. The van der Waals surface area contributed by atoms with Crippen LogP contribution in [0, 0.1) is 11.3 Å². The van der Waals surface area contributed by atoms with Gasteiger partial charge in [0.1, 0.15) is 29.7 Å². The third kappa shape index (κ3) is 5.86. The Morgan fingerprint density at radius 3 is 2.31 bits per heavy atom. The zero-order chi connectivity index (χ0) is 20.6. The summed E-state index contributed by atoms with van der Waals surface area (Å²) in [6.45, 7) is 0.408. The maximum Gasteiger partial charge on any atom is 0.266 e. The molecule has 144 valence electrons. The number of nitriles is 1. The first kappa shape index (κ1) is 20.0. The van der Waals surface area contributed by atoms with E-state index in [1.807, 2.05) is 18.2 Å². The molecule has 0 aromatic heterocycles. The van der Waals surface area contributed by atoms with Crippen LogP contribution < -0.4 is 10.1 Å². The number of phenols is 1. The number of nitrogens with one attached hydrogen (secondary N) is 1. The molecule has 0 unspecified atom stereocenters. The second-order valence-corrected chi connectivity index (χ2v) is 6.59. The summed E-state index contributed by atoms with van der Waals surface area (Å²) in [5.74, 6) is 0.239. The number of carbonyl (C=O) groups is 1. The average Bonchev–Trinajstić information content (AvgIpc) is 2.74. The maximum atomic E-state index is 12.3. The van der Waals surface area contributed by atoms with Gasteiger partial charge in [0.05, 0.1) is 0 Å². The summed E-state index contributed by atoms with van der Waals surface area (Å²) in [5.41, 5.74) is 2.14. The van der Waals surface area contributed by atoms with Crippen molar-refractivity contribution >= 4 is 29.3 Å². The molecule has 0 atom stereocenters. The van der Waals surface area contributed by atoms with Gasteiger partial charge in [-0.15, -0.1) is 0 Å². The highest BCUT2D eigenvalue weighted by Crippen LogP contribution is 2.18. The van der Waals surface area contributed by atoms with Crippen molar-refractivity contribution < 1.29 is 14.6 Å². The van der Waals surface area contributed by atoms with Gasteiger partial charge in [0, 0.05) is 10.7 Å². The highest BCUT2D eigenvalue weighted by atomic mass is 35.5. The first-order valence-electron chi connectivity index (χ1n) is 8.73. The fourth-order valence-electron chi connectivity index (χ4n) is 2.47. The normalized spacial score (nSPS) is 10.8. The highest BCUT2D eigenvalue weighted by molar-refractivity contribution is 6.30. The van der Waals surface area contributed by atoms with E-state index in [4.69, 9.17) is 16.3 Å². The molecular weight excluding hydrogens is 388 g/mol. The summed E-state index contributed by atoms with van der Waals surface area (Å²) in [4.78, 5) is 12.3. The van der Waals surface area contributed by atoms with Crippen LogP contribution in [-0.2, 0) is 11.4 Å². The lowest BCUT2D eigenvalue weighted by atomic mass is 10.1. The van der Waals surface area contributed by atoms with Crippen LogP contribution >= 0.6 is 11.6 Å². The Balaban J connectivity index is 1.63. The molecule has 0 radical (unpaired) electrons. The lowest BCUT2D eigenvalue weighted by Crippen LogP contribution is -2.13. The molecule has 2 N–H and O–H groups in total. The van der Waals surface area contributed by atoms with E-state index in [9.17, 15) is 15.2 Å². The molecule has 0 saturated carbocycles. The van der Waals surface area contributed by atoms with Crippen LogP contribution in [0.4, 0.5) is 5.69 Å². The molecule has 3 aromatic rings. The van der Waals surface area contributed by atoms with E-state index in [2.05, 4.69) is 5.32 Å². The van der Waals surface area contributed by atoms with Gasteiger partial charge in [-0.2, -0.15) is 5.26 Å². The first-order chi connectivity index (χ1) is 14.0. The van der Waals surface area contributed by atoms with Gasteiger partial charge in [0.25, 0.3) is 5.91 Å². The first-order valence-corrected chi connectivity index (χ1v) is 9.11. The minimum Gasteiger partial charge on any atom is -0.508 e. The van der Waals surface area contributed by atoms with Gasteiger partial charge >= 0.3 is 0 Å². The minimum atomic E-state index is -0.527. The number of aromatic hydroxyl groups is 1. The summed E-state index contributed by atoms with van der Waals surface area (Å²) >= 11 is 5.87. The molecule has 3 aromatic carbocycles. The molecule has 0 aliphatic carbocycles. The number of hydrogen-bond acceptors (Lipinski definition) is 4. The number of hydrogen-bond donors (Lipinski definition) is 2. The quantitative estimate of drug-likeness (QED) is 0.337. The molecule has 0 aliphatic rings. The van der Waals surface area contributed by atoms with E-state index in [0.717, 1.165) is 5.56 Å². The molecule has 5 nitrogen and oxygen atoms in total. The number of halogens is 1. The minimum absolute atomic E-state index is 0.0343. The van der Waals surface area contributed by atoms with Crippen LogP contribution in [0.1, 0.15) is 11.1 Å². The predicted molar refractivity (Wildman–Crippen MR) is 113 cm³/mol. The standard InChI is InChI=1S/C23H17ClN2O3/c24-19-5-1-17(2-6-19)15-29-22-11-3-16(4-12-22)13-18(14-25)23(28)26-20-7-9-21(27)10-8-20/h1-13,27H,15H2,(H,26,28)/b18-13+. The van der Waals surface area contributed by atoms with Crippen molar-refractivity contribution in [3.8, 4) is 17.6 Å². The van der Waals surface area contributed by atoms with Crippen LogP contribution in [0.3, 0.4) is 0 Å². The van der Waals surface area contributed by atoms with Gasteiger partial charge in [-0.25, -0.2) is 0 Å². The Labute approximate surface area is 173 Å². The molecule has 29 heavy (non-hydrogen) atoms. The zero-order valence-corrected chi connectivity index (χ0v) is 16.1. The molecular formula is C23H17ClN2O3. The number of amides is 1. The fraction of sp³-hybridized carbons (Fsp3) is 0.0435. The second-order valence-electron chi connectivity index (χ2n) is 6.15. The van der Waals surface area contributed by atoms with Gasteiger partial charge in [-0.3, -0.25) is 4.79 Å². The molecule has 3 rings (SSSR count). The number of rotatable bonds is 6. The summed E-state index contributed by atoms with van der Waals surface area (Å²) in [6, 6.07) is 22.4. The van der Waals surface area contributed by atoms with Crippen molar-refractivity contribution in [2.75, 3.05) is 5.32 Å². The Morgan fingerprint density at radius 1 is 1.03 bits per heavy atom. The predicted octanol–water partition coefficient (Wildman–Crippen LogP) is 5.17. The second kappa shape index (κ2) is 9.45. The SMILES string of the molecule is N#C/C(=C\c1ccc(OCc2ccc(Cl)cc2)cc1)C(=O)Nc1ccc(O)cc1. The molecule has 0 spiro atoms. The van der Waals surface area contributed by atoms with E-state index in [1.165, 1.54) is 18.2 Å². The van der Waals surface area contributed by atoms with Crippen LogP contribution in [0.5, 0.6) is 11.5 Å². The van der Waals surface area contributed by atoms with Crippen molar-refractivity contribution in [3.05, 3.63) is 94.5 Å². The third-order valence-corrected chi connectivity index (χ3v) is 4.25. The molecule has 0 fully saturated rings. The van der Waals surface area contributed by atoms with E-state index < -0.39 is 5.91 Å². The average molecular weight is 405 g/mol. The topological polar surface area (TPSA) is 82.3 Å². The number of ether oxygens (including phenoxy) is 1. The van der Waals surface area contributed by atoms with Crippen LogP contribution in [0.25, 0.3) is 6.08 Å².